The van der Waals surface area contributed by atoms with Crippen LogP contribution in [-0.2, 0) is 16.4 Å². The van der Waals surface area contributed by atoms with E-state index in [1.165, 1.54) is 6.07 Å². The smallest absolute Gasteiger partial charge is 0.265 e. The number of anilines is 1. The normalized spacial score (nSPS) is 13.7. The van der Waals surface area contributed by atoms with Crippen molar-refractivity contribution in [1.82, 2.24) is 4.72 Å². The van der Waals surface area contributed by atoms with E-state index in [0.29, 0.717) is 12.0 Å². The van der Waals surface area contributed by atoms with Crippen LogP contribution in [0.2, 0.25) is 0 Å². The van der Waals surface area contributed by atoms with Gasteiger partial charge < -0.3 is 10.8 Å². The van der Waals surface area contributed by atoms with E-state index < -0.39 is 29.1 Å². The van der Waals surface area contributed by atoms with E-state index in [2.05, 4.69) is 0 Å². The van der Waals surface area contributed by atoms with Gasteiger partial charge >= 0.3 is 0 Å². The number of sulfonamides is 1. The molecule has 0 amide bonds. The molecule has 0 aromatic heterocycles. The number of aliphatic hydroxyl groups is 1. The van der Waals surface area contributed by atoms with Gasteiger partial charge in [-0.05, 0) is 24.1 Å². The van der Waals surface area contributed by atoms with Crippen molar-refractivity contribution >= 4 is 15.7 Å². The third-order valence-electron chi connectivity index (χ3n) is 2.53. The van der Waals surface area contributed by atoms with Crippen LogP contribution in [0.1, 0.15) is 12.5 Å². The lowest BCUT2D eigenvalue weighted by molar-refractivity contribution is -0.000452. The van der Waals surface area contributed by atoms with Crippen molar-refractivity contribution in [3.8, 4) is 0 Å². The summed E-state index contributed by atoms with van der Waals surface area (Å²) < 4.78 is 50.1. The first-order valence-corrected chi connectivity index (χ1v) is 7.10. The minimum Gasteiger partial charge on any atom is -0.399 e. The zero-order valence-electron chi connectivity index (χ0n) is 10.3. The van der Waals surface area contributed by atoms with Crippen LogP contribution >= 0.6 is 0 Å². The molecule has 19 heavy (non-hydrogen) atoms. The average Bonchev–Trinajstić information content (AvgIpc) is 2.35. The van der Waals surface area contributed by atoms with Gasteiger partial charge in [-0.3, -0.25) is 0 Å². The number of benzene rings is 1. The quantitative estimate of drug-likeness (QED) is 0.675. The predicted octanol–water partition coefficient (Wildman–Crippen LogP) is 0.735. The fourth-order valence-electron chi connectivity index (χ4n) is 1.48. The lowest BCUT2D eigenvalue weighted by Crippen LogP contribution is -2.36. The van der Waals surface area contributed by atoms with Crippen LogP contribution in [0.4, 0.5) is 14.5 Å². The van der Waals surface area contributed by atoms with Gasteiger partial charge in [0.2, 0.25) is 10.0 Å². The first-order chi connectivity index (χ1) is 8.77. The molecule has 0 fully saturated rings. The summed E-state index contributed by atoms with van der Waals surface area (Å²) in [6.45, 7) is 1.01. The van der Waals surface area contributed by atoms with Gasteiger partial charge in [0.05, 0.1) is 4.90 Å². The molecule has 1 unspecified atom stereocenters. The van der Waals surface area contributed by atoms with Crippen molar-refractivity contribution in [3.05, 3.63) is 23.8 Å². The Morgan fingerprint density at radius 3 is 2.58 bits per heavy atom. The van der Waals surface area contributed by atoms with Crippen LogP contribution in [0.15, 0.2) is 23.1 Å². The second kappa shape index (κ2) is 6.27. The van der Waals surface area contributed by atoms with E-state index in [0.717, 1.165) is 0 Å². The first-order valence-electron chi connectivity index (χ1n) is 5.62. The summed E-state index contributed by atoms with van der Waals surface area (Å²) in [4.78, 5) is -0.0588. The van der Waals surface area contributed by atoms with E-state index in [4.69, 9.17) is 10.8 Å². The zero-order chi connectivity index (χ0) is 14.6. The largest absolute Gasteiger partial charge is 0.399 e. The number of rotatable bonds is 6. The molecule has 1 aromatic carbocycles. The molecular formula is C11H16F2N2O3S. The highest BCUT2D eigenvalue weighted by molar-refractivity contribution is 7.89. The van der Waals surface area contributed by atoms with Crippen molar-refractivity contribution in [3.63, 3.8) is 0 Å². The third-order valence-corrected chi connectivity index (χ3v) is 4.04. The standard InChI is InChI=1S/C11H16F2N2O3S/c1-2-7-3-4-8(14)5-10(7)19(17,18)15-6-9(16)11(12)13/h3-5,9,11,15-16H,2,6,14H2,1H3. The number of nitrogens with one attached hydrogen (secondary N) is 1. The lowest BCUT2D eigenvalue weighted by atomic mass is 10.1. The van der Waals surface area contributed by atoms with Crippen molar-refractivity contribution in [1.29, 1.82) is 0 Å². The van der Waals surface area contributed by atoms with Gasteiger partial charge in [0.1, 0.15) is 6.10 Å². The van der Waals surface area contributed by atoms with Crippen LogP contribution in [0.25, 0.3) is 0 Å². The van der Waals surface area contributed by atoms with Gasteiger partial charge in [-0.1, -0.05) is 13.0 Å². The fourth-order valence-corrected chi connectivity index (χ4v) is 2.87. The maximum Gasteiger partial charge on any atom is 0.265 e. The number of halogens is 2. The summed E-state index contributed by atoms with van der Waals surface area (Å²) in [5, 5.41) is 8.92. The maximum atomic E-state index is 12.1. The average molecular weight is 294 g/mol. The van der Waals surface area contributed by atoms with Crippen LogP contribution in [0, 0.1) is 0 Å². The molecule has 0 heterocycles. The van der Waals surface area contributed by atoms with Gasteiger partial charge in [-0.15, -0.1) is 0 Å². The topological polar surface area (TPSA) is 92.4 Å². The number of hydrogen-bond acceptors (Lipinski definition) is 4. The first kappa shape index (κ1) is 15.8. The van der Waals surface area contributed by atoms with E-state index in [1.54, 1.807) is 19.1 Å². The summed E-state index contributed by atoms with van der Waals surface area (Å²) in [6, 6.07) is 4.38. The van der Waals surface area contributed by atoms with Crippen molar-refractivity contribution < 1.29 is 22.3 Å². The Hall–Kier alpha value is -1.25. The SMILES string of the molecule is CCc1ccc(N)cc1S(=O)(=O)NCC(O)C(F)F. The molecule has 5 nitrogen and oxygen atoms in total. The van der Waals surface area contributed by atoms with Gasteiger partial charge in [-0.25, -0.2) is 21.9 Å². The van der Waals surface area contributed by atoms with Crippen molar-refractivity contribution in [2.24, 2.45) is 0 Å². The minimum absolute atomic E-state index is 0.0588. The Morgan fingerprint density at radius 2 is 2.05 bits per heavy atom. The molecule has 0 aliphatic heterocycles. The Bertz CT molecular complexity index is 535. The second-order valence-corrected chi connectivity index (χ2v) is 5.71. The highest BCUT2D eigenvalue weighted by Crippen LogP contribution is 2.19. The van der Waals surface area contributed by atoms with Gasteiger partial charge in [0, 0.05) is 12.2 Å². The highest BCUT2D eigenvalue weighted by atomic mass is 32.2. The van der Waals surface area contributed by atoms with Gasteiger partial charge in [0.25, 0.3) is 6.43 Å². The molecular weight excluding hydrogens is 278 g/mol. The lowest BCUT2D eigenvalue weighted by Gasteiger charge is -2.13. The summed E-state index contributed by atoms with van der Waals surface area (Å²) in [6.07, 6.45) is -4.59. The molecule has 1 rings (SSSR count). The molecule has 0 bridgehead atoms. The zero-order valence-corrected chi connectivity index (χ0v) is 11.1. The molecule has 0 saturated carbocycles. The molecule has 0 aliphatic rings. The summed E-state index contributed by atoms with van der Waals surface area (Å²) in [7, 11) is -3.98. The Kier molecular flexibility index (Phi) is 5.21. The Balaban J connectivity index is 2.97. The van der Waals surface area contributed by atoms with Crippen molar-refractivity contribution in [2.45, 2.75) is 30.8 Å². The molecule has 0 aliphatic carbocycles. The molecule has 0 saturated heterocycles. The van der Waals surface area contributed by atoms with Crippen LogP contribution < -0.4 is 10.5 Å². The summed E-state index contributed by atoms with van der Waals surface area (Å²) in [5.41, 5.74) is 6.30. The number of alkyl halides is 2. The summed E-state index contributed by atoms with van der Waals surface area (Å²) >= 11 is 0. The number of hydrogen-bond donors (Lipinski definition) is 3. The van der Waals surface area contributed by atoms with Crippen LogP contribution in [0.3, 0.4) is 0 Å². The van der Waals surface area contributed by atoms with E-state index in [-0.39, 0.29) is 10.6 Å². The maximum absolute atomic E-state index is 12.1. The molecule has 108 valence electrons. The number of aryl methyl sites for hydroxylation is 1. The molecule has 0 radical (unpaired) electrons. The molecule has 1 aromatic rings. The highest BCUT2D eigenvalue weighted by Gasteiger charge is 2.22. The molecule has 4 N–H and O–H groups in total. The minimum atomic E-state index is -3.98. The van der Waals surface area contributed by atoms with Gasteiger partial charge in [0.15, 0.2) is 0 Å². The van der Waals surface area contributed by atoms with Crippen LogP contribution in [0.5, 0.6) is 0 Å². The number of nitrogen functional groups attached to an aromatic ring is 1. The second-order valence-electron chi connectivity index (χ2n) is 3.97. The fraction of sp³-hybridized carbons (Fsp3) is 0.455. The summed E-state index contributed by atoms with van der Waals surface area (Å²) in [5.74, 6) is 0. The van der Waals surface area contributed by atoms with E-state index >= 15 is 0 Å². The molecule has 0 spiro atoms. The van der Waals surface area contributed by atoms with Crippen LogP contribution in [-0.4, -0.2) is 32.6 Å². The third kappa shape index (κ3) is 4.12. The monoisotopic (exact) mass is 294 g/mol. The van der Waals surface area contributed by atoms with Crippen molar-refractivity contribution in [2.75, 3.05) is 12.3 Å². The molecule has 8 heteroatoms. The Labute approximate surface area is 110 Å². The van der Waals surface area contributed by atoms with E-state index in [9.17, 15) is 17.2 Å². The van der Waals surface area contributed by atoms with E-state index in [1.807, 2.05) is 4.72 Å². The Morgan fingerprint density at radius 1 is 1.42 bits per heavy atom. The van der Waals surface area contributed by atoms with Gasteiger partial charge in [-0.2, -0.15) is 0 Å². The predicted molar refractivity (Wildman–Crippen MR) is 67.4 cm³/mol. The number of nitrogens with two attached hydrogens (primary N) is 1. The molecule has 1 atom stereocenters. The number of aliphatic hydroxyl groups excluding tert-OH is 1.